The number of nitrogens with zero attached hydrogens (tertiary/aromatic N) is 2. The predicted octanol–water partition coefficient (Wildman–Crippen LogP) is 2.28. The largest absolute Gasteiger partial charge is 0.394 e. The van der Waals surface area contributed by atoms with Crippen molar-refractivity contribution in [1.82, 2.24) is 9.88 Å². The number of anilines is 1. The van der Waals surface area contributed by atoms with Gasteiger partial charge in [0.1, 0.15) is 5.82 Å². The number of carbonyl (C=O) groups is 1. The highest BCUT2D eigenvalue weighted by molar-refractivity contribution is 5.94. The summed E-state index contributed by atoms with van der Waals surface area (Å²) in [6, 6.07) is 3.60. The average molecular weight is 291 g/mol. The second kappa shape index (κ2) is 7.98. The summed E-state index contributed by atoms with van der Waals surface area (Å²) in [4.78, 5) is 18.7. The first-order valence-electron chi connectivity index (χ1n) is 7.88. The Morgan fingerprint density at radius 3 is 2.95 bits per heavy atom. The normalized spacial score (nSPS) is 19.1. The molecule has 1 fully saturated rings. The van der Waals surface area contributed by atoms with E-state index in [9.17, 15) is 9.90 Å². The minimum absolute atomic E-state index is 0.0227. The van der Waals surface area contributed by atoms with Crippen molar-refractivity contribution in [2.45, 2.75) is 45.1 Å². The minimum Gasteiger partial charge on any atom is -0.394 e. The molecule has 5 nitrogen and oxygen atoms in total. The fourth-order valence-corrected chi connectivity index (χ4v) is 2.68. The van der Waals surface area contributed by atoms with E-state index < -0.39 is 0 Å². The number of carbonyl (C=O) groups excluding carboxylic acids is 1. The third-order valence-corrected chi connectivity index (χ3v) is 3.92. The Balaban J connectivity index is 2.06. The van der Waals surface area contributed by atoms with Gasteiger partial charge in [0.15, 0.2) is 0 Å². The molecule has 2 N–H and O–H groups in total. The molecule has 1 unspecified atom stereocenters. The molecule has 0 bridgehead atoms. The van der Waals surface area contributed by atoms with Crippen LogP contribution in [0.5, 0.6) is 0 Å². The summed E-state index contributed by atoms with van der Waals surface area (Å²) in [5.41, 5.74) is 0.595. The number of pyridine rings is 1. The molecule has 0 spiro atoms. The summed E-state index contributed by atoms with van der Waals surface area (Å²) in [6.45, 7) is 3.73. The Morgan fingerprint density at radius 1 is 1.43 bits per heavy atom. The Morgan fingerprint density at radius 2 is 2.29 bits per heavy atom. The molecule has 1 atom stereocenters. The molecule has 5 heteroatoms. The lowest BCUT2D eigenvalue weighted by molar-refractivity contribution is 0.0599. The quantitative estimate of drug-likeness (QED) is 0.873. The van der Waals surface area contributed by atoms with Crippen molar-refractivity contribution in [3.63, 3.8) is 0 Å². The highest BCUT2D eigenvalue weighted by Crippen LogP contribution is 2.19. The predicted molar refractivity (Wildman–Crippen MR) is 83.4 cm³/mol. The van der Waals surface area contributed by atoms with E-state index in [1.54, 1.807) is 6.20 Å². The number of amides is 1. The summed E-state index contributed by atoms with van der Waals surface area (Å²) >= 11 is 0. The number of hydrogen-bond donors (Lipinski definition) is 2. The third kappa shape index (κ3) is 4.17. The van der Waals surface area contributed by atoms with Crippen LogP contribution in [0.2, 0.25) is 0 Å². The maximum Gasteiger partial charge on any atom is 0.255 e. The number of aliphatic hydroxyl groups excluding tert-OH is 1. The lowest BCUT2D eigenvalue weighted by atomic mass is 10.1. The van der Waals surface area contributed by atoms with Crippen LogP contribution >= 0.6 is 0 Å². The third-order valence-electron chi connectivity index (χ3n) is 3.92. The van der Waals surface area contributed by atoms with E-state index in [0.717, 1.165) is 51.0 Å². The van der Waals surface area contributed by atoms with E-state index in [1.165, 1.54) is 0 Å². The maximum absolute atomic E-state index is 12.6. The summed E-state index contributed by atoms with van der Waals surface area (Å²) in [5, 5.41) is 12.7. The second-order valence-electron chi connectivity index (χ2n) is 5.54. The van der Waals surface area contributed by atoms with Crippen molar-refractivity contribution in [3.05, 3.63) is 23.9 Å². The molecule has 1 aliphatic heterocycles. The highest BCUT2D eigenvalue weighted by Gasteiger charge is 2.25. The van der Waals surface area contributed by atoms with Gasteiger partial charge < -0.3 is 15.3 Å². The number of aromatic nitrogens is 1. The van der Waals surface area contributed by atoms with E-state index in [4.69, 9.17) is 0 Å². The molecule has 1 aromatic rings. The Labute approximate surface area is 126 Å². The van der Waals surface area contributed by atoms with Crippen LogP contribution in [0.3, 0.4) is 0 Å². The van der Waals surface area contributed by atoms with E-state index in [-0.39, 0.29) is 18.6 Å². The molecule has 1 amide bonds. The first-order chi connectivity index (χ1) is 10.3. The van der Waals surface area contributed by atoms with Crippen LogP contribution in [0, 0.1) is 0 Å². The van der Waals surface area contributed by atoms with E-state index in [0.29, 0.717) is 5.56 Å². The van der Waals surface area contributed by atoms with E-state index in [1.807, 2.05) is 17.0 Å². The van der Waals surface area contributed by atoms with Crippen LogP contribution in [0.15, 0.2) is 18.3 Å². The molecule has 2 rings (SSSR count). The van der Waals surface area contributed by atoms with Gasteiger partial charge >= 0.3 is 0 Å². The molecule has 1 saturated heterocycles. The Bertz CT molecular complexity index is 447. The zero-order chi connectivity index (χ0) is 15.1. The first kappa shape index (κ1) is 15.8. The summed E-state index contributed by atoms with van der Waals surface area (Å²) < 4.78 is 0. The van der Waals surface area contributed by atoms with Gasteiger partial charge in [-0.1, -0.05) is 19.8 Å². The van der Waals surface area contributed by atoms with E-state index in [2.05, 4.69) is 17.2 Å². The highest BCUT2D eigenvalue weighted by atomic mass is 16.3. The van der Waals surface area contributed by atoms with Crippen molar-refractivity contribution in [1.29, 1.82) is 0 Å². The van der Waals surface area contributed by atoms with Gasteiger partial charge in [-0.3, -0.25) is 4.79 Å². The fraction of sp³-hybridized carbons (Fsp3) is 0.625. The number of likely N-dealkylation sites (tertiary alicyclic amines) is 1. The topological polar surface area (TPSA) is 65.5 Å². The van der Waals surface area contributed by atoms with Crippen LogP contribution in [0.25, 0.3) is 0 Å². The van der Waals surface area contributed by atoms with Gasteiger partial charge in [0.25, 0.3) is 5.91 Å². The molecule has 1 aromatic heterocycles. The van der Waals surface area contributed by atoms with Crippen molar-refractivity contribution in [3.8, 4) is 0 Å². The van der Waals surface area contributed by atoms with Gasteiger partial charge in [-0.05, 0) is 31.4 Å². The number of aliphatic hydroxyl groups is 1. The standard InChI is InChI=1S/C16H25N3O2/c1-2-9-17-15-8-7-13(11-18-15)16(21)19-10-5-3-4-6-14(19)12-20/h7-8,11,14,20H,2-6,9-10,12H2,1H3,(H,17,18). The van der Waals surface area contributed by atoms with Gasteiger partial charge in [-0.15, -0.1) is 0 Å². The zero-order valence-corrected chi connectivity index (χ0v) is 12.7. The van der Waals surface area contributed by atoms with Gasteiger partial charge in [0.2, 0.25) is 0 Å². The fourth-order valence-electron chi connectivity index (χ4n) is 2.68. The van der Waals surface area contributed by atoms with Crippen molar-refractivity contribution >= 4 is 11.7 Å². The number of nitrogens with one attached hydrogen (secondary N) is 1. The van der Waals surface area contributed by atoms with Crippen LogP contribution in [0.1, 0.15) is 49.4 Å². The van der Waals surface area contributed by atoms with E-state index >= 15 is 0 Å². The van der Waals surface area contributed by atoms with Gasteiger partial charge in [-0.2, -0.15) is 0 Å². The monoisotopic (exact) mass is 291 g/mol. The Hall–Kier alpha value is -1.62. The molecule has 1 aliphatic rings. The van der Waals surface area contributed by atoms with Crippen LogP contribution < -0.4 is 5.32 Å². The molecule has 116 valence electrons. The molecule has 0 saturated carbocycles. The molecule has 0 aromatic carbocycles. The van der Waals surface area contributed by atoms with Crippen LogP contribution in [0.4, 0.5) is 5.82 Å². The van der Waals surface area contributed by atoms with Gasteiger partial charge in [0, 0.05) is 19.3 Å². The summed E-state index contributed by atoms with van der Waals surface area (Å²) in [6.07, 6.45) is 6.75. The smallest absolute Gasteiger partial charge is 0.255 e. The van der Waals surface area contributed by atoms with Crippen molar-refractivity contribution in [2.75, 3.05) is 25.0 Å². The summed E-state index contributed by atoms with van der Waals surface area (Å²) in [7, 11) is 0. The molecule has 2 heterocycles. The molecular formula is C16H25N3O2. The number of rotatable bonds is 5. The van der Waals surface area contributed by atoms with Crippen LogP contribution in [-0.2, 0) is 0 Å². The zero-order valence-electron chi connectivity index (χ0n) is 12.7. The van der Waals surface area contributed by atoms with Gasteiger partial charge in [-0.25, -0.2) is 4.98 Å². The first-order valence-corrected chi connectivity index (χ1v) is 7.88. The average Bonchev–Trinajstić information content (AvgIpc) is 2.78. The minimum atomic E-state index is -0.0575. The number of hydrogen-bond acceptors (Lipinski definition) is 4. The Kier molecular flexibility index (Phi) is 5.99. The lowest BCUT2D eigenvalue weighted by Gasteiger charge is -2.28. The maximum atomic E-state index is 12.6. The summed E-state index contributed by atoms with van der Waals surface area (Å²) in [5.74, 6) is 0.772. The SMILES string of the molecule is CCCNc1ccc(C(=O)N2CCCCCC2CO)cn1. The van der Waals surface area contributed by atoms with Crippen molar-refractivity contribution in [2.24, 2.45) is 0 Å². The second-order valence-corrected chi connectivity index (χ2v) is 5.54. The van der Waals surface area contributed by atoms with Crippen LogP contribution in [-0.4, -0.2) is 46.6 Å². The molecule has 0 radical (unpaired) electrons. The lowest BCUT2D eigenvalue weighted by Crippen LogP contribution is -2.42. The van der Waals surface area contributed by atoms with Crippen molar-refractivity contribution < 1.29 is 9.90 Å². The molecular weight excluding hydrogens is 266 g/mol. The molecule has 0 aliphatic carbocycles. The van der Waals surface area contributed by atoms with Gasteiger partial charge in [0.05, 0.1) is 18.2 Å². The molecule has 21 heavy (non-hydrogen) atoms.